The van der Waals surface area contributed by atoms with Gasteiger partial charge in [-0.05, 0) is 36.8 Å². The second-order valence-electron chi connectivity index (χ2n) is 4.11. The van der Waals surface area contributed by atoms with Crippen LogP contribution in [0.4, 0.5) is 11.4 Å². The van der Waals surface area contributed by atoms with Crippen molar-refractivity contribution in [2.24, 2.45) is 5.73 Å². The van der Waals surface area contributed by atoms with E-state index in [0.29, 0.717) is 15.0 Å². The third-order valence-electron chi connectivity index (χ3n) is 2.73. The first kappa shape index (κ1) is 14.1. The highest BCUT2D eigenvalue weighted by atomic mass is 35.5. The zero-order valence-corrected chi connectivity index (χ0v) is 12.5. The summed E-state index contributed by atoms with van der Waals surface area (Å²) in [6, 6.07) is 11.0. The van der Waals surface area contributed by atoms with Crippen molar-refractivity contribution in [1.29, 1.82) is 0 Å². The molecule has 0 unspecified atom stereocenters. The van der Waals surface area contributed by atoms with Crippen LogP contribution in [0.5, 0.6) is 0 Å². The summed E-state index contributed by atoms with van der Waals surface area (Å²) in [5.74, 6) is 0. The van der Waals surface area contributed by atoms with Gasteiger partial charge >= 0.3 is 0 Å². The number of hydrogen-bond donors (Lipinski definition) is 2. The molecule has 2 aromatic carbocycles. The number of anilines is 2. The van der Waals surface area contributed by atoms with Gasteiger partial charge in [-0.15, -0.1) is 0 Å². The molecule has 0 heterocycles. The second-order valence-corrected chi connectivity index (χ2v) is 5.39. The number of nitrogens with two attached hydrogens (primary N) is 1. The topological polar surface area (TPSA) is 38.0 Å². The molecule has 0 aliphatic rings. The highest BCUT2D eigenvalue weighted by molar-refractivity contribution is 7.80. The molecule has 19 heavy (non-hydrogen) atoms. The lowest BCUT2D eigenvalue weighted by atomic mass is 10.1. The van der Waals surface area contributed by atoms with Crippen LogP contribution in [0.15, 0.2) is 36.4 Å². The van der Waals surface area contributed by atoms with Crippen molar-refractivity contribution < 1.29 is 0 Å². The fraction of sp³-hybridized carbons (Fsp3) is 0.0714. The number of halogens is 2. The zero-order chi connectivity index (χ0) is 14.0. The number of nitrogens with one attached hydrogen (secondary N) is 1. The molecule has 2 aromatic rings. The normalized spacial score (nSPS) is 10.3. The maximum absolute atomic E-state index is 6.15. The van der Waals surface area contributed by atoms with Crippen molar-refractivity contribution in [2.45, 2.75) is 6.92 Å². The SMILES string of the molecule is Cc1cccc(C(N)=S)c1Nc1ccc(Cl)cc1Cl. The Kier molecular flexibility index (Phi) is 4.30. The number of aryl methyl sites for hydroxylation is 1. The average Bonchev–Trinajstić information content (AvgIpc) is 2.34. The molecule has 5 heteroatoms. The Balaban J connectivity index is 2.46. The zero-order valence-electron chi connectivity index (χ0n) is 10.2. The van der Waals surface area contributed by atoms with Gasteiger partial charge in [-0.1, -0.05) is 47.6 Å². The monoisotopic (exact) mass is 310 g/mol. The minimum absolute atomic E-state index is 0.344. The van der Waals surface area contributed by atoms with Crippen molar-refractivity contribution in [2.75, 3.05) is 5.32 Å². The maximum atomic E-state index is 6.15. The van der Waals surface area contributed by atoms with Gasteiger partial charge in [0.05, 0.1) is 16.4 Å². The van der Waals surface area contributed by atoms with Gasteiger partial charge in [-0.25, -0.2) is 0 Å². The number of rotatable bonds is 3. The summed E-state index contributed by atoms with van der Waals surface area (Å²) in [4.78, 5) is 0.344. The molecule has 0 atom stereocenters. The third-order valence-corrected chi connectivity index (χ3v) is 3.50. The highest BCUT2D eigenvalue weighted by Crippen LogP contribution is 2.31. The van der Waals surface area contributed by atoms with Gasteiger partial charge in [-0.3, -0.25) is 0 Å². The first-order chi connectivity index (χ1) is 8.99. The summed E-state index contributed by atoms with van der Waals surface area (Å²) in [5.41, 5.74) is 9.19. The minimum Gasteiger partial charge on any atom is -0.389 e. The van der Waals surface area contributed by atoms with Gasteiger partial charge in [-0.2, -0.15) is 0 Å². The number of para-hydroxylation sites is 1. The average molecular weight is 311 g/mol. The molecule has 0 aliphatic heterocycles. The van der Waals surface area contributed by atoms with E-state index in [1.165, 1.54) is 0 Å². The Morgan fingerprint density at radius 2 is 1.95 bits per heavy atom. The minimum atomic E-state index is 0.344. The van der Waals surface area contributed by atoms with Crippen molar-refractivity contribution in [3.8, 4) is 0 Å². The van der Waals surface area contributed by atoms with Gasteiger partial charge in [0.2, 0.25) is 0 Å². The van der Waals surface area contributed by atoms with Gasteiger partial charge in [0.15, 0.2) is 0 Å². The molecule has 0 saturated carbocycles. The van der Waals surface area contributed by atoms with E-state index >= 15 is 0 Å². The first-order valence-electron chi connectivity index (χ1n) is 5.60. The lowest BCUT2D eigenvalue weighted by Gasteiger charge is -2.15. The largest absolute Gasteiger partial charge is 0.389 e. The summed E-state index contributed by atoms with van der Waals surface area (Å²) in [6.45, 7) is 1.98. The highest BCUT2D eigenvalue weighted by Gasteiger charge is 2.10. The van der Waals surface area contributed by atoms with Crippen LogP contribution in [0.2, 0.25) is 10.0 Å². The van der Waals surface area contributed by atoms with Crippen molar-refractivity contribution in [1.82, 2.24) is 0 Å². The van der Waals surface area contributed by atoms with Crippen molar-refractivity contribution >= 4 is 51.8 Å². The van der Waals surface area contributed by atoms with Gasteiger partial charge in [0, 0.05) is 10.6 Å². The Morgan fingerprint density at radius 1 is 1.21 bits per heavy atom. The number of thiocarbonyl (C=S) groups is 1. The van der Waals surface area contributed by atoms with Crippen LogP contribution in [-0.4, -0.2) is 4.99 Å². The lowest BCUT2D eigenvalue weighted by molar-refractivity contribution is 1.41. The van der Waals surface area contributed by atoms with Crippen LogP contribution < -0.4 is 11.1 Å². The number of benzene rings is 2. The molecular weight excluding hydrogens is 299 g/mol. The fourth-order valence-corrected chi connectivity index (χ4v) is 2.39. The summed E-state index contributed by atoms with van der Waals surface area (Å²) in [7, 11) is 0. The quantitative estimate of drug-likeness (QED) is 0.808. The molecule has 2 nitrogen and oxygen atoms in total. The van der Waals surface area contributed by atoms with Gasteiger partial charge < -0.3 is 11.1 Å². The summed E-state index contributed by atoms with van der Waals surface area (Å²) < 4.78 is 0. The van der Waals surface area contributed by atoms with Crippen LogP contribution in [0.3, 0.4) is 0 Å². The van der Waals surface area contributed by atoms with E-state index in [2.05, 4.69) is 5.32 Å². The molecular formula is C14H12Cl2N2S. The molecule has 0 saturated heterocycles. The Labute approximate surface area is 127 Å². The van der Waals surface area contributed by atoms with Crippen LogP contribution in [-0.2, 0) is 0 Å². The fourth-order valence-electron chi connectivity index (χ4n) is 1.76. The van der Waals surface area contributed by atoms with Crippen LogP contribution in [0, 0.1) is 6.92 Å². The van der Waals surface area contributed by atoms with Gasteiger partial charge in [0.1, 0.15) is 4.99 Å². The predicted molar refractivity (Wildman–Crippen MR) is 86.8 cm³/mol. The second kappa shape index (κ2) is 5.78. The number of hydrogen-bond acceptors (Lipinski definition) is 2. The van der Waals surface area contributed by atoms with E-state index in [1.54, 1.807) is 12.1 Å². The molecule has 2 rings (SSSR count). The molecule has 98 valence electrons. The molecule has 0 bridgehead atoms. The smallest absolute Gasteiger partial charge is 0.106 e. The van der Waals surface area contributed by atoms with Gasteiger partial charge in [0.25, 0.3) is 0 Å². The molecule has 0 aliphatic carbocycles. The third kappa shape index (κ3) is 3.18. The van der Waals surface area contributed by atoms with Crippen LogP contribution >= 0.6 is 35.4 Å². The van der Waals surface area contributed by atoms with E-state index < -0.39 is 0 Å². The molecule has 0 radical (unpaired) electrons. The summed E-state index contributed by atoms with van der Waals surface area (Å²) >= 11 is 17.1. The Morgan fingerprint density at radius 3 is 2.58 bits per heavy atom. The molecule has 3 N–H and O–H groups in total. The van der Waals surface area contributed by atoms with E-state index in [9.17, 15) is 0 Å². The standard InChI is InChI=1S/C14H12Cl2N2S/c1-8-3-2-4-10(14(17)19)13(8)18-12-6-5-9(15)7-11(12)16/h2-7,18H,1H3,(H2,17,19). The van der Waals surface area contributed by atoms with E-state index in [0.717, 1.165) is 22.5 Å². The summed E-state index contributed by atoms with van der Waals surface area (Å²) in [6.07, 6.45) is 0. The lowest BCUT2D eigenvalue weighted by Crippen LogP contribution is -2.12. The maximum Gasteiger partial charge on any atom is 0.106 e. The molecule has 0 spiro atoms. The summed E-state index contributed by atoms with van der Waals surface area (Å²) in [5, 5.41) is 4.40. The Hall–Kier alpha value is -1.29. The first-order valence-corrected chi connectivity index (χ1v) is 6.77. The van der Waals surface area contributed by atoms with Crippen LogP contribution in [0.25, 0.3) is 0 Å². The van der Waals surface area contributed by atoms with E-state index in [-0.39, 0.29) is 0 Å². The molecule has 0 amide bonds. The molecule has 0 aromatic heterocycles. The predicted octanol–water partition coefficient (Wildman–Crippen LogP) is 4.68. The molecule has 0 fully saturated rings. The van der Waals surface area contributed by atoms with Crippen molar-refractivity contribution in [3.05, 3.63) is 57.6 Å². The van der Waals surface area contributed by atoms with E-state index in [4.69, 9.17) is 41.2 Å². The van der Waals surface area contributed by atoms with Crippen molar-refractivity contribution in [3.63, 3.8) is 0 Å². The van der Waals surface area contributed by atoms with E-state index in [1.807, 2.05) is 31.2 Å². The van der Waals surface area contributed by atoms with Crippen LogP contribution in [0.1, 0.15) is 11.1 Å². The Bertz CT molecular complexity index is 641.